The van der Waals surface area contributed by atoms with Gasteiger partial charge in [-0.25, -0.2) is 0 Å². The highest BCUT2D eigenvalue weighted by atomic mass is 14.3. The zero-order chi connectivity index (χ0) is 12.0. The average molecular weight is 212 g/mol. The van der Waals surface area contributed by atoms with Crippen molar-refractivity contribution >= 4 is 0 Å². The third-order valence-electron chi connectivity index (χ3n) is 4.89. The van der Waals surface area contributed by atoms with E-state index in [1.54, 1.807) is 0 Å². The van der Waals surface area contributed by atoms with E-state index in [9.17, 15) is 0 Å². The molecule has 0 saturated heterocycles. The number of hydrogen-bond donors (Lipinski definition) is 0. The summed E-state index contributed by atoms with van der Waals surface area (Å²) >= 11 is 0. The first-order valence-electron chi connectivity index (χ1n) is 6.99. The molecule has 0 rings (SSSR count). The summed E-state index contributed by atoms with van der Waals surface area (Å²) in [6.07, 6.45) is 4.00. The lowest BCUT2D eigenvalue weighted by atomic mass is 9.71. The van der Waals surface area contributed by atoms with Crippen LogP contribution < -0.4 is 0 Å². The van der Waals surface area contributed by atoms with E-state index < -0.39 is 0 Å². The smallest absolute Gasteiger partial charge is 0.0363 e. The molecule has 0 aromatic heterocycles. The third kappa shape index (κ3) is 4.17. The van der Waals surface area contributed by atoms with Crippen LogP contribution in [0.5, 0.6) is 0 Å². The van der Waals surface area contributed by atoms with E-state index in [0.29, 0.717) is 0 Å². The molecule has 0 aromatic rings. The second kappa shape index (κ2) is 7.30. The van der Waals surface area contributed by atoms with Gasteiger partial charge in [0, 0.05) is 0 Å². The van der Waals surface area contributed by atoms with Gasteiger partial charge in [-0.3, -0.25) is 0 Å². The summed E-state index contributed by atoms with van der Waals surface area (Å²) in [7, 11) is 0. The Bertz CT molecular complexity index is 150. The van der Waals surface area contributed by atoms with Crippen LogP contribution in [0.2, 0.25) is 0 Å². The van der Waals surface area contributed by atoms with E-state index >= 15 is 0 Å². The van der Waals surface area contributed by atoms with Crippen LogP contribution in [0.25, 0.3) is 0 Å². The summed E-state index contributed by atoms with van der Waals surface area (Å²) in [6, 6.07) is 0. The molecule has 0 bridgehead atoms. The van der Waals surface area contributed by atoms with Crippen LogP contribution in [-0.2, 0) is 0 Å². The van der Waals surface area contributed by atoms with Crippen LogP contribution in [-0.4, -0.2) is 0 Å². The van der Waals surface area contributed by atoms with Crippen molar-refractivity contribution in [3.05, 3.63) is 0 Å². The Morgan fingerprint density at radius 2 is 1.07 bits per heavy atom. The SMILES string of the molecule is CCC(C)C(C)C(C)C(CC)C(C)CC. The molecule has 0 aliphatic heterocycles. The molecule has 0 heteroatoms. The van der Waals surface area contributed by atoms with Gasteiger partial charge in [0.15, 0.2) is 0 Å². The van der Waals surface area contributed by atoms with Gasteiger partial charge in [0.2, 0.25) is 0 Å². The zero-order valence-corrected chi connectivity index (χ0v) is 12.0. The Morgan fingerprint density at radius 3 is 1.40 bits per heavy atom. The highest BCUT2D eigenvalue weighted by Gasteiger charge is 2.27. The average Bonchev–Trinajstić information content (AvgIpc) is 2.27. The monoisotopic (exact) mass is 212 g/mol. The Balaban J connectivity index is 4.42. The molecule has 0 aliphatic rings. The minimum atomic E-state index is 0.869. The molecule has 0 fully saturated rings. The van der Waals surface area contributed by atoms with Gasteiger partial charge in [0.1, 0.15) is 0 Å². The van der Waals surface area contributed by atoms with Crippen LogP contribution >= 0.6 is 0 Å². The van der Waals surface area contributed by atoms with Gasteiger partial charge in [0.05, 0.1) is 0 Å². The molecule has 5 unspecified atom stereocenters. The van der Waals surface area contributed by atoms with Crippen molar-refractivity contribution in [2.24, 2.45) is 29.6 Å². The largest absolute Gasteiger partial charge is 0.0651 e. The fraction of sp³-hybridized carbons (Fsp3) is 1.00. The molecule has 0 N–H and O–H groups in total. The molecule has 0 amide bonds. The molecule has 0 radical (unpaired) electrons. The lowest BCUT2D eigenvalue weighted by Gasteiger charge is -2.35. The van der Waals surface area contributed by atoms with Crippen molar-refractivity contribution in [3.63, 3.8) is 0 Å². The molecular weight excluding hydrogens is 180 g/mol. The second-order valence-electron chi connectivity index (χ2n) is 5.56. The Morgan fingerprint density at radius 1 is 0.600 bits per heavy atom. The third-order valence-corrected chi connectivity index (χ3v) is 4.89. The van der Waals surface area contributed by atoms with Crippen LogP contribution in [0.4, 0.5) is 0 Å². The van der Waals surface area contributed by atoms with E-state index in [1.165, 1.54) is 19.3 Å². The van der Waals surface area contributed by atoms with Crippen molar-refractivity contribution in [1.82, 2.24) is 0 Å². The van der Waals surface area contributed by atoms with Gasteiger partial charge in [0.25, 0.3) is 0 Å². The van der Waals surface area contributed by atoms with Crippen LogP contribution in [0.3, 0.4) is 0 Å². The van der Waals surface area contributed by atoms with Crippen molar-refractivity contribution in [2.75, 3.05) is 0 Å². The van der Waals surface area contributed by atoms with Gasteiger partial charge in [-0.05, 0) is 29.6 Å². The van der Waals surface area contributed by atoms with E-state index in [-0.39, 0.29) is 0 Å². The Kier molecular flexibility index (Phi) is 7.30. The molecule has 0 aromatic carbocycles. The molecule has 0 nitrogen and oxygen atoms in total. The quantitative estimate of drug-likeness (QED) is 0.531. The molecule has 0 spiro atoms. The highest BCUT2D eigenvalue weighted by molar-refractivity contribution is 4.76. The van der Waals surface area contributed by atoms with Gasteiger partial charge in [-0.1, -0.05) is 67.7 Å². The Hall–Kier alpha value is 0. The predicted molar refractivity (Wildman–Crippen MR) is 71.0 cm³/mol. The van der Waals surface area contributed by atoms with E-state index in [2.05, 4.69) is 48.5 Å². The van der Waals surface area contributed by atoms with Gasteiger partial charge < -0.3 is 0 Å². The van der Waals surface area contributed by atoms with Crippen molar-refractivity contribution < 1.29 is 0 Å². The molecule has 0 aliphatic carbocycles. The second-order valence-corrected chi connectivity index (χ2v) is 5.56. The van der Waals surface area contributed by atoms with Crippen LogP contribution in [0.15, 0.2) is 0 Å². The predicted octanol–water partition coefficient (Wildman–Crippen LogP) is 5.38. The Labute approximate surface area is 97.8 Å². The van der Waals surface area contributed by atoms with Gasteiger partial charge >= 0.3 is 0 Å². The first kappa shape index (κ1) is 15.0. The lowest BCUT2D eigenvalue weighted by Crippen LogP contribution is -2.27. The highest BCUT2D eigenvalue weighted by Crippen LogP contribution is 2.35. The van der Waals surface area contributed by atoms with Gasteiger partial charge in [-0.15, -0.1) is 0 Å². The van der Waals surface area contributed by atoms with Gasteiger partial charge in [-0.2, -0.15) is 0 Å². The molecule has 5 atom stereocenters. The maximum Gasteiger partial charge on any atom is -0.0363 e. The first-order valence-corrected chi connectivity index (χ1v) is 6.99. The first-order chi connectivity index (χ1) is 6.99. The topological polar surface area (TPSA) is 0 Å². The molecular formula is C15H32. The van der Waals surface area contributed by atoms with Crippen molar-refractivity contribution in [2.45, 2.75) is 67.7 Å². The maximum atomic E-state index is 2.47. The molecule has 92 valence electrons. The number of hydrogen-bond acceptors (Lipinski definition) is 0. The minimum absolute atomic E-state index is 0.869. The minimum Gasteiger partial charge on any atom is -0.0651 e. The number of rotatable bonds is 7. The van der Waals surface area contributed by atoms with Crippen LogP contribution in [0, 0.1) is 29.6 Å². The zero-order valence-electron chi connectivity index (χ0n) is 12.0. The summed E-state index contributed by atoms with van der Waals surface area (Å²) in [5.41, 5.74) is 0. The standard InChI is InChI=1S/C15H32/c1-8-11(4)13(6)14(7)15(10-3)12(5)9-2/h11-15H,8-10H2,1-7H3. The summed E-state index contributed by atoms with van der Waals surface area (Å²) in [5.74, 6) is 4.42. The van der Waals surface area contributed by atoms with Crippen molar-refractivity contribution in [3.8, 4) is 0 Å². The summed E-state index contributed by atoms with van der Waals surface area (Å²) in [6.45, 7) is 16.8. The van der Waals surface area contributed by atoms with Crippen molar-refractivity contribution in [1.29, 1.82) is 0 Å². The van der Waals surface area contributed by atoms with E-state index in [4.69, 9.17) is 0 Å². The lowest BCUT2D eigenvalue weighted by molar-refractivity contribution is 0.146. The summed E-state index contributed by atoms with van der Waals surface area (Å²) in [4.78, 5) is 0. The molecule has 0 heterocycles. The van der Waals surface area contributed by atoms with Crippen LogP contribution in [0.1, 0.15) is 67.7 Å². The maximum absolute atomic E-state index is 2.47. The fourth-order valence-electron chi connectivity index (χ4n) is 2.88. The fourth-order valence-corrected chi connectivity index (χ4v) is 2.88. The normalized spacial score (nSPS) is 21.8. The molecule has 0 saturated carbocycles. The van der Waals surface area contributed by atoms with E-state index in [0.717, 1.165) is 29.6 Å². The summed E-state index contributed by atoms with van der Waals surface area (Å²) < 4.78 is 0. The summed E-state index contributed by atoms with van der Waals surface area (Å²) in [5, 5.41) is 0. The molecule has 15 heavy (non-hydrogen) atoms. The van der Waals surface area contributed by atoms with E-state index in [1.807, 2.05) is 0 Å².